The highest BCUT2D eigenvalue weighted by molar-refractivity contribution is 6.31. The van der Waals surface area contributed by atoms with Gasteiger partial charge in [0.25, 0.3) is 0 Å². The first kappa shape index (κ1) is 22.8. The van der Waals surface area contributed by atoms with Crippen molar-refractivity contribution in [1.82, 2.24) is 19.5 Å². The van der Waals surface area contributed by atoms with Crippen LogP contribution in [0.2, 0.25) is 5.02 Å². The lowest BCUT2D eigenvalue weighted by molar-refractivity contribution is -0.122. The van der Waals surface area contributed by atoms with E-state index in [0.717, 1.165) is 19.3 Å². The summed E-state index contributed by atoms with van der Waals surface area (Å²) in [5.41, 5.74) is 6.87. The molecule has 1 amide bonds. The summed E-state index contributed by atoms with van der Waals surface area (Å²) in [7, 11) is 0. The molecule has 3 aromatic rings. The summed E-state index contributed by atoms with van der Waals surface area (Å²) in [6.45, 7) is 0. The van der Waals surface area contributed by atoms with Crippen molar-refractivity contribution in [2.75, 3.05) is 10.6 Å². The van der Waals surface area contributed by atoms with Crippen molar-refractivity contribution in [2.45, 2.75) is 63.1 Å². The fourth-order valence-electron chi connectivity index (χ4n) is 5.01. The number of aromatic nitrogens is 4. The molecule has 2 fully saturated rings. The van der Waals surface area contributed by atoms with Crippen LogP contribution in [0, 0.1) is 11.7 Å². The number of aliphatic hydroxyl groups is 1. The third-order valence-corrected chi connectivity index (χ3v) is 7.18. The fraction of sp³-hybridized carbons (Fsp3) is 0.478. The number of carbonyl (C=O) groups excluding carboxylic acids is 1. The van der Waals surface area contributed by atoms with Gasteiger partial charge in [-0.2, -0.15) is 4.98 Å². The van der Waals surface area contributed by atoms with Crippen LogP contribution in [0.25, 0.3) is 11.2 Å². The Morgan fingerprint density at radius 3 is 2.68 bits per heavy atom. The number of imidazole rings is 1. The maximum Gasteiger partial charge on any atom is 0.225 e. The number of nitrogens with zero attached hydrogens (tertiary/aromatic N) is 4. The van der Waals surface area contributed by atoms with Crippen LogP contribution in [0.1, 0.15) is 51.0 Å². The summed E-state index contributed by atoms with van der Waals surface area (Å²) in [6, 6.07) is 4.63. The lowest BCUT2D eigenvalue weighted by Crippen LogP contribution is -2.29. The number of fused-ring (bicyclic) bond motifs is 1. The Kier molecular flexibility index (Phi) is 6.26. The van der Waals surface area contributed by atoms with Crippen LogP contribution >= 0.6 is 11.6 Å². The molecule has 2 aliphatic carbocycles. The zero-order chi connectivity index (χ0) is 23.8. The normalized spacial score (nSPS) is 24.9. The predicted octanol–water partition coefficient (Wildman–Crippen LogP) is 3.90. The summed E-state index contributed by atoms with van der Waals surface area (Å²) in [4.78, 5) is 25.4. The lowest BCUT2D eigenvalue weighted by atomic mass is 9.85. The van der Waals surface area contributed by atoms with Gasteiger partial charge in [0.15, 0.2) is 11.5 Å². The molecule has 5 N–H and O–H groups in total. The van der Waals surface area contributed by atoms with E-state index >= 15 is 0 Å². The third kappa shape index (κ3) is 4.39. The van der Waals surface area contributed by atoms with Gasteiger partial charge in [-0.3, -0.25) is 9.36 Å². The molecule has 0 radical (unpaired) electrons. The number of aliphatic hydroxyl groups excluding tert-OH is 1. The largest absolute Gasteiger partial charge is 0.391 e. The number of carbonyl (C=O) groups is 1. The number of hydrogen-bond acceptors (Lipinski definition) is 7. The Bertz CT molecular complexity index is 1210. The molecule has 0 spiro atoms. The molecule has 2 aromatic heterocycles. The van der Waals surface area contributed by atoms with Crippen LogP contribution in [0.15, 0.2) is 24.4 Å². The first-order chi connectivity index (χ1) is 16.4. The second-order valence-electron chi connectivity index (χ2n) is 9.09. The molecule has 11 heteroatoms. The Labute approximate surface area is 200 Å². The zero-order valence-electron chi connectivity index (χ0n) is 18.5. The van der Waals surface area contributed by atoms with Gasteiger partial charge in [-0.1, -0.05) is 17.7 Å². The van der Waals surface area contributed by atoms with Crippen molar-refractivity contribution >= 4 is 46.3 Å². The number of anilines is 3. The van der Waals surface area contributed by atoms with E-state index in [9.17, 15) is 14.3 Å². The Hall–Kier alpha value is -2.98. The van der Waals surface area contributed by atoms with E-state index in [2.05, 4.69) is 20.6 Å². The number of rotatable bonds is 6. The monoisotopic (exact) mass is 487 g/mol. The van der Waals surface area contributed by atoms with Crippen molar-refractivity contribution in [1.29, 1.82) is 0 Å². The molecule has 0 saturated heterocycles. The molecular formula is C23H27ClFN7O2. The van der Waals surface area contributed by atoms with Gasteiger partial charge in [0, 0.05) is 12.0 Å². The number of nitrogens with two attached hydrogens (primary N) is 1. The van der Waals surface area contributed by atoms with Crippen molar-refractivity contribution in [3.05, 3.63) is 35.2 Å². The van der Waals surface area contributed by atoms with Gasteiger partial charge in [-0.15, -0.1) is 0 Å². The maximum atomic E-state index is 14.6. The van der Waals surface area contributed by atoms with Crippen LogP contribution < -0.4 is 16.4 Å². The molecule has 5 rings (SSSR count). The smallest absolute Gasteiger partial charge is 0.225 e. The van der Waals surface area contributed by atoms with E-state index in [1.54, 1.807) is 18.3 Å². The molecule has 2 aliphatic rings. The second-order valence-corrected chi connectivity index (χ2v) is 9.50. The fourth-order valence-corrected chi connectivity index (χ4v) is 5.18. The summed E-state index contributed by atoms with van der Waals surface area (Å²) in [5.74, 6) is -0.165. The molecule has 2 saturated carbocycles. The quantitative estimate of drug-likeness (QED) is 0.414. The molecule has 0 bridgehead atoms. The SMILES string of the molecule is NC(=O)[C@H]1CC[C@H](n2c(Nc3cccc(Cl)c3F)nc3cnc(N[C@@H]4CCC[C@H]4O)nc32)CC1. The molecule has 0 unspecified atom stereocenters. The standard InChI is InChI=1S/C23H27ClFN7O2/c24-14-3-1-5-16(19(14)25)29-23-30-17-11-27-22(28-15-4-2-6-18(15)33)31-21(17)32(23)13-9-7-12(8-10-13)20(26)34/h1,3,5,11-13,15,18,33H,2,4,6-10H2,(H2,26,34)(H,29,30)(H,27,28,31)/t12-,13-,15-,18-/m1/s1. The first-order valence-corrected chi connectivity index (χ1v) is 12.0. The minimum Gasteiger partial charge on any atom is -0.391 e. The molecule has 1 aromatic carbocycles. The van der Waals surface area contributed by atoms with E-state index in [4.69, 9.17) is 22.3 Å². The van der Waals surface area contributed by atoms with Gasteiger partial charge in [-0.05, 0) is 57.1 Å². The highest BCUT2D eigenvalue weighted by Gasteiger charge is 2.30. The molecule has 2 heterocycles. The van der Waals surface area contributed by atoms with Gasteiger partial charge in [-0.25, -0.2) is 14.4 Å². The lowest BCUT2D eigenvalue weighted by Gasteiger charge is -2.29. The van der Waals surface area contributed by atoms with E-state index in [-0.39, 0.29) is 34.6 Å². The van der Waals surface area contributed by atoms with E-state index in [1.807, 2.05) is 4.57 Å². The topological polar surface area (TPSA) is 131 Å². The van der Waals surface area contributed by atoms with Crippen LogP contribution in [-0.2, 0) is 4.79 Å². The average Bonchev–Trinajstić information content (AvgIpc) is 3.39. The summed E-state index contributed by atoms with van der Waals surface area (Å²) in [6.07, 6.45) is 6.47. The third-order valence-electron chi connectivity index (χ3n) is 6.89. The number of hydrogen-bond donors (Lipinski definition) is 4. The van der Waals surface area contributed by atoms with Gasteiger partial charge in [0.2, 0.25) is 17.8 Å². The second kappa shape index (κ2) is 9.34. The van der Waals surface area contributed by atoms with E-state index in [0.29, 0.717) is 48.7 Å². The van der Waals surface area contributed by atoms with Crippen LogP contribution in [0.5, 0.6) is 0 Å². The average molecular weight is 488 g/mol. The van der Waals surface area contributed by atoms with Crippen molar-refractivity contribution in [2.24, 2.45) is 11.7 Å². The highest BCUT2D eigenvalue weighted by Crippen LogP contribution is 2.37. The molecule has 2 atom stereocenters. The van der Waals surface area contributed by atoms with Crippen LogP contribution in [0.3, 0.4) is 0 Å². The maximum absolute atomic E-state index is 14.6. The Morgan fingerprint density at radius 1 is 1.18 bits per heavy atom. The number of nitrogens with one attached hydrogen (secondary N) is 2. The minimum absolute atomic E-state index is 0.00911. The minimum atomic E-state index is -0.566. The van der Waals surface area contributed by atoms with Gasteiger partial charge < -0.3 is 21.5 Å². The molecular weight excluding hydrogens is 461 g/mol. The Balaban J connectivity index is 1.52. The molecule has 34 heavy (non-hydrogen) atoms. The molecule has 180 valence electrons. The summed E-state index contributed by atoms with van der Waals surface area (Å²) < 4.78 is 16.6. The predicted molar refractivity (Wildman–Crippen MR) is 127 cm³/mol. The summed E-state index contributed by atoms with van der Waals surface area (Å²) >= 11 is 5.97. The Morgan fingerprint density at radius 2 is 1.97 bits per heavy atom. The van der Waals surface area contributed by atoms with Gasteiger partial charge in [0.1, 0.15) is 5.52 Å². The highest BCUT2D eigenvalue weighted by atomic mass is 35.5. The van der Waals surface area contributed by atoms with Crippen molar-refractivity contribution in [3.63, 3.8) is 0 Å². The number of amides is 1. The molecule has 0 aliphatic heterocycles. The van der Waals surface area contributed by atoms with Gasteiger partial charge >= 0.3 is 0 Å². The number of primary amides is 1. The van der Waals surface area contributed by atoms with E-state index < -0.39 is 11.9 Å². The molecule has 9 nitrogen and oxygen atoms in total. The van der Waals surface area contributed by atoms with Crippen molar-refractivity contribution < 1.29 is 14.3 Å². The van der Waals surface area contributed by atoms with Crippen LogP contribution in [-0.4, -0.2) is 42.7 Å². The first-order valence-electron chi connectivity index (χ1n) is 11.6. The number of halogens is 2. The van der Waals surface area contributed by atoms with E-state index in [1.165, 1.54) is 6.07 Å². The summed E-state index contributed by atoms with van der Waals surface area (Å²) in [5, 5.41) is 16.5. The van der Waals surface area contributed by atoms with Crippen LogP contribution in [0.4, 0.5) is 22.0 Å². The zero-order valence-corrected chi connectivity index (χ0v) is 19.3. The van der Waals surface area contributed by atoms with Crippen molar-refractivity contribution in [3.8, 4) is 0 Å². The van der Waals surface area contributed by atoms with Gasteiger partial charge in [0.05, 0.1) is 29.1 Å². The number of benzene rings is 1.